The molecule has 0 amide bonds. The van der Waals surface area contributed by atoms with Gasteiger partial charge in [-0.2, -0.15) is 5.06 Å². The lowest BCUT2D eigenvalue weighted by atomic mass is 9.82. The summed E-state index contributed by atoms with van der Waals surface area (Å²) in [4.78, 5) is 6.24. The zero-order valence-corrected chi connectivity index (χ0v) is 13.1. The van der Waals surface area contributed by atoms with E-state index in [-0.39, 0.29) is 23.8 Å². The summed E-state index contributed by atoms with van der Waals surface area (Å²) in [5, 5.41) is 11.8. The Hall–Kier alpha value is -0.900. The average Bonchev–Trinajstić information content (AvgIpc) is 2.38. The van der Waals surface area contributed by atoms with Gasteiger partial charge in [0.15, 0.2) is 0 Å². The fourth-order valence-electron chi connectivity index (χ4n) is 3.26. The van der Waals surface area contributed by atoms with Gasteiger partial charge in [-0.05, 0) is 52.5 Å². The highest BCUT2D eigenvalue weighted by Gasteiger charge is 2.43. The van der Waals surface area contributed by atoms with Crippen LogP contribution in [0.4, 0.5) is 0 Å². The summed E-state index contributed by atoms with van der Waals surface area (Å²) in [6, 6.07) is 9.95. The Bertz CT molecular complexity index is 412. The second-order valence-corrected chi connectivity index (χ2v) is 6.96. The van der Waals surface area contributed by atoms with Gasteiger partial charge in [0, 0.05) is 11.1 Å². The minimum Gasteiger partial charge on any atom is -0.393 e. The highest BCUT2D eigenvalue weighted by molar-refractivity contribution is 5.17. The van der Waals surface area contributed by atoms with Crippen LogP contribution < -0.4 is 0 Å². The Morgan fingerprint density at radius 3 is 2.15 bits per heavy atom. The Kier molecular flexibility index (Phi) is 4.52. The number of hydrogen-bond acceptors (Lipinski definition) is 3. The molecule has 3 heteroatoms. The number of piperidine rings is 1. The standard InChI is InChI=1S/C17H27NO2/c1-16(2)11-8-12-17(3,4)18(16)20-15(13-19)14-9-6-5-7-10-14/h5-7,9-10,15,19H,8,11-13H2,1-4H3. The molecule has 1 atom stereocenters. The molecule has 1 aliphatic heterocycles. The fourth-order valence-corrected chi connectivity index (χ4v) is 3.26. The van der Waals surface area contributed by atoms with Crippen molar-refractivity contribution in [1.82, 2.24) is 5.06 Å². The zero-order chi connectivity index (χ0) is 14.8. The first kappa shape index (κ1) is 15.5. The van der Waals surface area contributed by atoms with E-state index in [1.807, 2.05) is 30.3 Å². The molecule has 1 fully saturated rings. The molecule has 2 rings (SSSR count). The maximum Gasteiger partial charge on any atom is 0.127 e. The predicted octanol–water partition coefficient (Wildman–Crippen LogP) is 3.69. The molecule has 0 aliphatic carbocycles. The molecule has 0 aromatic heterocycles. The summed E-state index contributed by atoms with van der Waals surface area (Å²) < 4.78 is 0. The van der Waals surface area contributed by atoms with Gasteiger partial charge in [-0.1, -0.05) is 30.3 Å². The highest BCUT2D eigenvalue weighted by Crippen LogP contribution is 2.40. The van der Waals surface area contributed by atoms with Crippen LogP contribution in [-0.4, -0.2) is 27.9 Å². The van der Waals surface area contributed by atoms with Crippen LogP contribution in [-0.2, 0) is 4.84 Å². The Balaban J connectivity index is 2.20. The summed E-state index contributed by atoms with van der Waals surface area (Å²) in [6.07, 6.45) is 3.15. The van der Waals surface area contributed by atoms with E-state index in [9.17, 15) is 5.11 Å². The number of benzene rings is 1. The summed E-state index contributed by atoms with van der Waals surface area (Å²) in [5.74, 6) is 0. The van der Waals surface area contributed by atoms with Gasteiger partial charge in [-0.3, -0.25) is 4.84 Å². The van der Waals surface area contributed by atoms with Gasteiger partial charge in [0.05, 0.1) is 6.61 Å². The third-order valence-corrected chi connectivity index (χ3v) is 4.25. The molecule has 3 nitrogen and oxygen atoms in total. The zero-order valence-electron chi connectivity index (χ0n) is 13.1. The molecular formula is C17H27NO2. The number of nitrogens with zero attached hydrogens (tertiary/aromatic N) is 1. The normalized spacial score (nSPS) is 23.4. The van der Waals surface area contributed by atoms with Crippen LogP contribution in [0.1, 0.15) is 58.6 Å². The van der Waals surface area contributed by atoms with Crippen molar-refractivity contribution in [3.8, 4) is 0 Å². The number of hydroxylamine groups is 2. The van der Waals surface area contributed by atoms with Crippen LogP contribution in [0.25, 0.3) is 0 Å². The lowest BCUT2D eigenvalue weighted by Gasteiger charge is -2.52. The SMILES string of the molecule is CC1(C)CCCC(C)(C)N1OC(CO)c1ccccc1. The van der Waals surface area contributed by atoms with Crippen molar-refractivity contribution in [3.05, 3.63) is 35.9 Å². The summed E-state index contributed by atoms with van der Waals surface area (Å²) >= 11 is 0. The Morgan fingerprint density at radius 2 is 1.65 bits per heavy atom. The van der Waals surface area contributed by atoms with Gasteiger partial charge < -0.3 is 5.11 Å². The monoisotopic (exact) mass is 277 g/mol. The van der Waals surface area contributed by atoms with Crippen LogP contribution in [0.2, 0.25) is 0 Å². The second kappa shape index (κ2) is 5.84. The summed E-state index contributed by atoms with van der Waals surface area (Å²) in [7, 11) is 0. The average molecular weight is 277 g/mol. The quantitative estimate of drug-likeness (QED) is 0.911. The maximum atomic E-state index is 9.70. The Labute approximate surface area is 122 Å². The van der Waals surface area contributed by atoms with E-state index in [4.69, 9.17) is 4.84 Å². The molecule has 20 heavy (non-hydrogen) atoms. The van der Waals surface area contributed by atoms with E-state index in [2.05, 4.69) is 32.8 Å². The van der Waals surface area contributed by atoms with Crippen molar-refractivity contribution >= 4 is 0 Å². The minimum absolute atomic E-state index is 0.00727. The molecule has 0 bridgehead atoms. The lowest BCUT2D eigenvalue weighted by molar-refractivity contribution is -0.311. The number of aliphatic hydroxyl groups excluding tert-OH is 1. The predicted molar refractivity (Wildman–Crippen MR) is 81.2 cm³/mol. The first-order valence-electron chi connectivity index (χ1n) is 7.50. The topological polar surface area (TPSA) is 32.7 Å². The van der Waals surface area contributed by atoms with E-state index in [0.717, 1.165) is 18.4 Å². The highest BCUT2D eigenvalue weighted by atomic mass is 16.7. The first-order chi connectivity index (χ1) is 9.37. The third kappa shape index (κ3) is 3.22. The molecule has 0 radical (unpaired) electrons. The third-order valence-electron chi connectivity index (χ3n) is 4.25. The van der Waals surface area contributed by atoms with Gasteiger partial charge >= 0.3 is 0 Å². The van der Waals surface area contributed by atoms with Crippen LogP contribution in [0.5, 0.6) is 0 Å². The minimum atomic E-state index is -0.298. The van der Waals surface area contributed by atoms with Gasteiger partial charge in [0.2, 0.25) is 0 Å². The molecule has 1 aromatic rings. The molecule has 1 heterocycles. The van der Waals surface area contributed by atoms with Crippen molar-refractivity contribution in [2.24, 2.45) is 0 Å². The van der Waals surface area contributed by atoms with E-state index >= 15 is 0 Å². The molecule has 0 spiro atoms. The smallest absolute Gasteiger partial charge is 0.127 e. The Morgan fingerprint density at radius 1 is 1.10 bits per heavy atom. The van der Waals surface area contributed by atoms with Crippen molar-refractivity contribution in [2.45, 2.75) is 64.1 Å². The van der Waals surface area contributed by atoms with E-state index < -0.39 is 0 Å². The maximum absolute atomic E-state index is 9.70. The molecule has 1 aliphatic rings. The number of aliphatic hydroxyl groups is 1. The van der Waals surface area contributed by atoms with Crippen LogP contribution >= 0.6 is 0 Å². The van der Waals surface area contributed by atoms with E-state index in [1.165, 1.54) is 6.42 Å². The molecule has 112 valence electrons. The van der Waals surface area contributed by atoms with Gasteiger partial charge in [0.1, 0.15) is 6.10 Å². The number of hydrogen-bond donors (Lipinski definition) is 1. The van der Waals surface area contributed by atoms with E-state index in [1.54, 1.807) is 0 Å². The largest absolute Gasteiger partial charge is 0.393 e. The van der Waals surface area contributed by atoms with Crippen molar-refractivity contribution < 1.29 is 9.94 Å². The van der Waals surface area contributed by atoms with Gasteiger partial charge in [-0.25, -0.2) is 0 Å². The second-order valence-electron chi connectivity index (χ2n) is 6.96. The summed E-state index contributed by atoms with van der Waals surface area (Å²) in [5.41, 5.74) is 1.00. The molecule has 1 aromatic carbocycles. The van der Waals surface area contributed by atoms with E-state index in [0.29, 0.717) is 0 Å². The fraction of sp³-hybridized carbons (Fsp3) is 0.647. The van der Waals surface area contributed by atoms with Gasteiger partial charge in [-0.15, -0.1) is 0 Å². The molecule has 1 unspecified atom stereocenters. The summed E-state index contributed by atoms with van der Waals surface area (Å²) in [6.45, 7) is 8.86. The van der Waals surface area contributed by atoms with Crippen LogP contribution in [0.15, 0.2) is 30.3 Å². The molecule has 1 N–H and O–H groups in total. The van der Waals surface area contributed by atoms with Gasteiger partial charge in [0.25, 0.3) is 0 Å². The van der Waals surface area contributed by atoms with Crippen LogP contribution in [0, 0.1) is 0 Å². The lowest BCUT2D eigenvalue weighted by Crippen LogP contribution is -2.58. The molecule has 1 saturated heterocycles. The van der Waals surface area contributed by atoms with Crippen LogP contribution in [0.3, 0.4) is 0 Å². The van der Waals surface area contributed by atoms with Crippen molar-refractivity contribution in [1.29, 1.82) is 0 Å². The van der Waals surface area contributed by atoms with Crippen molar-refractivity contribution in [2.75, 3.05) is 6.61 Å². The number of rotatable bonds is 4. The first-order valence-corrected chi connectivity index (χ1v) is 7.50. The molecular weight excluding hydrogens is 250 g/mol. The van der Waals surface area contributed by atoms with Crippen molar-refractivity contribution in [3.63, 3.8) is 0 Å². The molecule has 0 saturated carbocycles.